The van der Waals surface area contributed by atoms with Crippen LogP contribution in [-0.2, 0) is 17.5 Å². The summed E-state index contributed by atoms with van der Waals surface area (Å²) in [6.07, 6.45) is 5.46. The fourth-order valence-corrected chi connectivity index (χ4v) is 5.05. The summed E-state index contributed by atoms with van der Waals surface area (Å²) in [5.41, 5.74) is 6.77. The Bertz CT molecular complexity index is 1510. The second-order valence-electron chi connectivity index (χ2n) is 8.34. The van der Waals surface area contributed by atoms with Crippen molar-refractivity contribution < 1.29 is 22.8 Å². The number of rotatable bonds is 8. The van der Waals surface area contributed by atoms with Gasteiger partial charge in [-0.05, 0) is 77.5 Å². The Balaban J connectivity index is 1.54. The molecule has 1 aliphatic rings. The molecular weight excluding hydrogens is 537 g/mol. The Morgan fingerprint density at radius 2 is 1.97 bits per heavy atom. The van der Waals surface area contributed by atoms with Gasteiger partial charge in [-0.2, -0.15) is 18.3 Å². The Labute approximate surface area is 225 Å². The molecule has 11 heteroatoms. The summed E-state index contributed by atoms with van der Waals surface area (Å²) in [7, 11) is 0. The van der Waals surface area contributed by atoms with E-state index in [9.17, 15) is 22.8 Å². The third kappa shape index (κ3) is 6.03. The molecule has 2 aromatic carbocycles. The van der Waals surface area contributed by atoms with Crippen molar-refractivity contribution in [3.8, 4) is 0 Å². The lowest BCUT2D eigenvalue weighted by Gasteiger charge is -2.14. The molecule has 3 aromatic rings. The average molecular weight is 559 g/mol. The molecule has 0 aliphatic carbocycles. The van der Waals surface area contributed by atoms with Gasteiger partial charge in [0.25, 0.3) is 11.1 Å². The van der Waals surface area contributed by atoms with Crippen LogP contribution in [0, 0.1) is 0 Å². The molecule has 38 heavy (non-hydrogen) atoms. The molecule has 0 radical (unpaired) electrons. The fraction of sp³-hybridized carbons (Fsp3) is 0.148. The summed E-state index contributed by atoms with van der Waals surface area (Å²) in [6, 6.07) is 8.85. The van der Waals surface area contributed by atoms with Gasteiger partial charge in [0, 0.05) is 17.0 Å². The fourth-order valence-electron chi connectivity index (χ4n) is 4.02. The third-order valence-electron chi connectivity index (χ3n) is 5.80. The largest absolute Gasteiger partial charge is 0.416 e. The Morgan fingerprint density at radius 1 is 1.18 bits per heavy atom. The van der Waals surface area contributed by atoms with Crippen molar-refractivity contribution in [2.45, 2.75) is 19.1 Å². The van der Waals surface area contributed by atoms with Crippen LogP contribution in [0.3, 0.4) is 0 Å². The standard InChI is InChI=1S/C27H22ClF3N4O2S/c1-2-3-17(8-10-32)9-11-34-25(36)24(38-26(34)37)13-18-4-7-23-20(12-18)15-33-35(23)16-19-5-6-21(28)14-22(19)27(29,30)31/h2-8,10,12-15H,1,9,11,16,32H2/b10-8-,17-3+,24-13-. The van der Waals surface area contributed by atoms with Crippen LogP contribution in [0.25, 0.3) is 17.0 Å². The number of amides is 2. The minimum atomic E-state index is -4.55. The van der Waals surface area contributed by atoms with E-state index in [1.165, 1.54) is 27.9 Å². The molecule has 2 N–H and O–H groups in total. The lowest BCUT2D eigenvalue weighted by atomic mass is 10.1. The van der Waals surface area contributed by atoms with Crippen LogP contribution in [0.15, 0.2) is 84.1 Å². The molecule has 4 rings (SSSR count). The number of carbonyl (C=O) groups is 2. The second kappa shape index (κ2) is 11.3. The lowest BCUT2D eigenvalue weighted by molar-refractivity contribution is -0.138. The maximum absolute atomic E-state index is 13.5. The summed E-state index contributed by atoms with van der Waals surface area (Å²) in [5, 5.41) is 4.56. The molecule has 0 unspecified atom stereocenters. The number of aromatic nitrogens is 2. The number of nitrogens with two attached hydrogens (primary N) is 1. The molecule has 1 saturated heterocycles. The maximum Gasteiger partial charge on any atom is 0.416 e. The van der Waals surface area contributed by atoms with E-state index in [1.54, 1.807) is 48.7 Å². The molecular formula is C27H22ClF3N4O2S. The summed E-state index contributed by atoms with van der Waals surface area (Å²) in [5.74, 6) is -0.395. The van der Waals surface area contributed by atoms with Crippen molar-refractivity contribution >= 4 is 51.5 Å². The summed E-state index contributed by atoms with van der Waals surface area (Å²) < 4.78 is 42.0. The number of fused-ring (bicyclic) bond motifs is 1. The summed E-state index contributed by atoms with van der Waals surface area (Å²) in [6.45, 7) is 3.74. The normalized spacial score (nSPS) is 15.9. The van der Waals surface area contributed by atoms with E-state index in [2.05, 4.69) is 11.7 Å². The number of carbonyl (C=O) groups excluding carboxylic acids is 2. The Morgan fingerprint density at radius 3 is 2.68 bits per heavy atom. The number of imide groups is 1. The van der Waals surface area contributed by atoms with Gasteiger partial charge in [-0.1, -0.05) is 42.5 Å². The first kappa shape index (κ1) is 27.3. The molecule has 0 saturated carbocycles. The van der Waals surface area contributed by atoms with Gasteiger partial charge < -0.3 is 5.73 Å². The van der Waals surface area contributed by atoms with E-state index in [1.807, 2.05) is 0 Å². The molecule has 1 aliphatic heterocycles. The number of hydrogen-bond acceptors (Lipinski definition) is 5. The molecule has 6 nitrogen and oxygen atoms in total. The van der Waals surface area contributed by atoms with Crippen molar-refractivity contribution in [3.63, 3.8) is 0 Å². The van der Waals surface area contributed by atoms with Crippen LogP contribution in [0.2, 0.25) is 5.02 Å². The first-order valence-electron chi connectivity index (χ1n) is 11.4. The van der Waals surface area contributed by atoms with E-state index in [-0.39, 0.29) is 33.8 Å². The summed E-state index contributed by atoms with van der Waals surface area (Å²) in [4.78, 5) is 26.8. The van der Waals surface area contributed by atoms with E-state index in [4.69, 9.17) is 17.3 Å². The van der Waals surface area contributed by atoms with Gasteiger partial charge in [-0.3, -0.25) is 19.2 Å². The van der Waals surface area contributed by atoms with E-state index < -0.39 is 17.6 Å². The quantitative estimate of drug-likeness (QED) is 0.244. The van der Waals surface area contributed by atoms with Crippen LogP contribution in [-0.4, -0.2) is 32.4 Å². The van der Waals surface area contributed by atoms with Crippen LogP contribution < -0.4 is 5.73 Å². The minimum absolute atomic E-state index is 0.00141. The highest BCUT2D eigenvalue weighted by molar-refractivity contribution is 8.18. The molecule has 1 aromatic heterocycles. The van der Waals surface area contributed by atoms with Gasteiger partial charge in [0.15, 0.2) is 0 Å². The number of thioether (sulfide) groups is 1. The predicted octanol–water partition coefficient (Wildman–Crippen LogP) is 6.77. The zero-order valence-electron chi connectivity index (χ0n) is 19.9. The number of hydrogen-bond donors (Lipinski definition) is 1. The van der Waals surface area contributed by atoms with Crippen LogP contribution in [0.4, 0.5) is 18.0 Å². The first-order valence-corrected chi connectivity index (χ1v) is 12.6. The van der Waals surface area contributed by atoms with E-state index >= 15 is 0 Å². The van der Waals surface area contributed by atoms with Crippen molar-refractivity contribution in [2.24, 2.45) is 5.73 Å². The predicted molar refractivity (Wildman–Crippen MR) is 144 cm³/mol. The number of nitrogens with zero attached hydrogens (tertiary/aromatic N) is 3. The van der Waals surface area contributed by atoms with Gasteiger partial charge in [0.2, 0.25) is 0 Å². The summed E-state index contributed by atoms with van der Waals surface area (Å²) >= 11 is 6.63. The van der Waals surface area contributed by atoms with Crippen molar-refractivity contribution in [3.05, 3.63) is 106 Å². The van der Waals surface area contributed by atoms with E-state index in [0.29, 0.717) is 22.9 Å². The van der Waals surface area contributed by atoms with E-state index in [0.717, 1.165) is 23.4 Å². The zero-order chi connectivity index (χ0) is 27.4. The molecule has 196 valence electrons. The smallest absolute Gasteiger partial charge is 0.405 e. The van der Waals surface area contributed by atoms with Crippen LogP contribution >= 0.6 is 23.4 Å². The Kier molecular flexibility index (Phi) is 8.13. The van der Waals surface area contributed by atoms with Gasteiger partial charge >= 0.3 is 6.18 Å². The maximum atomic E-state index is 13.5. The molecule has 0 bridgehead atoms. The molecule has 1 fully saturated rings. The topological polar surface area (TPSA) is 81.2 Å². The first-order chi connectivity index (χ1) is 18.1. The average Bonchev–Trinajstić information content (AvgIpc) is 3.37. The van der Waals surface area contributed by atoms with Crippen LogP contribution in [0.5, 0.6) is 0 Å². The zero-order valence-corrected chi connectivity index (χ0v) is 21.5. The van der Waals surface area contributed by atoms with Gasteiger partial charge in [-0.25, -0.2) is 0 Å². The van der Waals surface area contributed by atoms with Gasteiger partial charge in [-0.15, -0.1) is 0 Å². The number of alkyl halides is 3. The molecule has 0 spiro atoms. The lowest BCUT2D eigenvalue weighted by Crippen LogP contribution is -2.29. The van der Waals surface area contributed by atoms with Crippen molar-refractivity contribution in [1.29, 1.82) is 0 Å². The van der Waals surface area contributed by atoms with Crippen molar-refractivity contribution in [1.82, 2.24) is 14.7 Å². The Hall–Kier alpha value is -3.76. The highest BCUT2D eigenvalue weighted by Gasteiger charge is 2.35. The highest BCUT2D eigenvalue weighted by Crippen LogP contribution is 2.35. The van der Waals surface area contributed by atoms with Gasteiger partial charge in [0.05, 0.1) is 28.7 Å². The monoisotopic (exact) mass is 558 g/mol. The number of allylic oxidation sites excluding steroid dienone is 3. The highest BCUT2D eigenvalue weighted by atomic mass is 35.5. The second-order valence-corrected chi connectivity index (χ2v) is 9.77. The van der Waals surface area contributed by atoms with Gasteiger partial charge in [0.1, 0.15) is 0 Å². The third-order valence-corrected chi connectivity index (χ3v) is 6.94. The molecule has 2 heterocycles. The molecule has 2 amide bonds. The molecule has 0 atom stereocenters. The number of benzene rings is 2. The number of halogens is 4. The van der Waals surface area contributed by atoms with Crippen LogP contribution in [0.1, 0.15) is 23.1 Å². The van der Waals surface area contributed by atoms with Crippen molar-refractivity contribution in [2.75, 3.05) is 6.54 Å². The minimum Gasteiger partial charge on any atom is -0.405 e. The SMILES string of the molecule is C=C/C=C(\C=C/N)CCN1C(=O)S/C(=C\c2ccc3c(cnn3Cc3ccc(Cl)cc3C(F)(F)F)c2)C1=O.